The van der Waals surface area contributed by atoms with Crippen LogP contribution in [0.25, 0.3) is 22.5 Å². The first kappa shape index (κ1) is 22.1. The van der Waals surface area contributed by atoms with E-state index in [9.17, 15) is 4.79 Å². The molecule has 0 atom stereocenters. The van der Waals surface area contributed by atoms with Crippen molar-refractivity contribution in [1.29, 1.82) is 0 Å². The molecule has 1 N–H and O–H groups in total. The van der Waals surface area contributed by atoms with E-state index in [0.717, 1.165) is 34.5 Å². The van der Waals surface area contributed by atoms with Crippen LogP contribution in [0.15, 0.2) is 91.5 Å². The number of rotatable bonds is 9. The molecule has 0 radical (unpaired) electrons. The van der Waals surface area contributed by atoms with Gasteiger partial charge in [-0.15, -0.1) is 21.9 Å². The van der Waals surface area contributed by atoms with Gasteiger partial charge >= 0.3 is 0 Å². The summed E-state index contributed by atoms with van der Waals surface area (Å²) in [5.74, 6) is 1.34. The van der Waals surface area contributed by atoms with E-state index >= 15 is 0 Å². The fourth-order valence-electron chi connectivity index (χ4n) is 3.90. The van der Waals surface area contributed by atoms with E-state index in [-0.39, 0.29) is 11.6 Å². The normalized spacial score (nSPS) is 10.9. The first-order chi connectivity index (χ1) is 17.2. The number of benzene rings is 3. The highest BCUT2D eigenvalue weighted by molar-refractivity contribution is 6.06. The molecular weight excluding hydrogens is 438 g/mol. The number of allylic oxidation sites excluding steroid dienone is 1. The predicted molar refractivity (Wildman–Crippen MR) is 133 cm³/mol. The highest BCUT2D eigenvalue weighted by Gasteiger charge is 2.18. The van der Waals surface area contributed by atoms with Crippen molar-refractivity contribution in [1.82, 2.24) is 35.4 Å². The Morgan fingerprint density at radius 2 is 1.69 bits per heavy atom. The van der Waals surface area contributed by atoms with Gasteiger partial charge in [0.2, 0.25) is 17.4 Å². The minimum absolute atomic E-state index is 0.183. The van der Waals surface area contributed by atoms with Gasteiger partial charge in [-0.3, -0.25) is 4.79 Å². The molecule has 0 amide bonds. The lowest BCUT2D eigenvalue weighted by Gasteiger charge is -2.09. The van der Waals surface area contributed by atoms with Gasteiger partial charge in [0, 0.05) is 17.5 Å². The molecule has 0 saturated heterocycles. The molecule has 2 aromatic heterocycles. The molecule has 0 spiro atoms. The van der Waals surface area contributed by atoms with Crippen LogP contribution in [-0.2, 0) is 13.0 Å². The monoisotopic (exact) mass is 461 g/mol. The average Bonchev–Trinajstić information content (AvgIpc) is 3.59. The van der Waals surface area contributed by atoms with Gasteiger partial charge in [-0.25, -0.2) is 9.67 Å². The Hall–Kier alpha value is -4.72. The van der Waals surface area contributed by atoms with Gasteiger partial charge < -0.3 is 0 Å². The summed E-state index contributed by atoms with van der Waals surface area (Å²) in [7, 11) is 0. The fraction of sp³-hybridized carbons (Fsp3) is 0.111. The first-order valence-corrected chi connectivity index (χ1v) is 11.3. The van der Waals surface area contributed by atoms with Crippen LogP contribution in [0, 0.1) is 0 Å². The summed E-state index contributed by atoms with van der Waals surface area (Å²) in [6, 6.07) is 25.3. The van der Waals surface area contributed by atoms with Crippen molar-refractivity contribution >= 4 is 5.78 Å². The van der Waals surface area contributed by atoms with Crippen LogP contribution < -0.4 is 0 Å². The van der Waals surface area contributed by atoms with Gasteiger partial charge in [0.1, 0.15) is 5.82 Å². The van der Waals surface area contributed by atoms with Crippen LogP contribution in [0.3, 0.4) is 0 Å². The summed E-state index contributed by atoms with van der Waals surface area (Å²) in [6.07, 6.45) is 3.26. The van der Waals surface area contributed by atoms with Crippen molar-refractivity contribution in [3.63, 3.8) is 0 Å². The van der Waals surface area contributed by atoms with E-state index in [1.54, 1.807) is 12.1 Å². The minimum Gasteiger partial charge on any atom is -0.285 e. The molecular formula is C27H23N7O. The molecule has 8 heteroatoms. The second-order valence-electron chi connectivity index (χ2n) is 8.01. The van der Waals surface area contributed by atoms with Gasteiger partial charge in [-0.05, 0) is 28.3 Å². The van der Waals surface area contributed by atoms with Crippen LogP contribution in [0.1, 0.15) is 34.0 Å². The summed E-state index contributed by atoms with van der Waals surface area (Å²) in [5.41, 5.74) is 4.59. The number of carbonyl (C=O) groups excluding carboxylic acids is 1. The number of hydrogen-bond donors (Lipinski definition) is 1. The predicted octanol–water partition coefficient (Wildman–Crippen LogP) is 4.52. The highest BCUT2D eigenvalue weighted by Crippen LogP contribution is 2.29. The molecule has 172 valence electrons. The van der Waals surface area contributed by atoms with Crippen LogP contribution in [0.5, 0.6) is 0 Å². The zero-order valence-electron chi connectivity index (χ0n) is 19.0. The van der Waals surface area contributed by atoms with E-state index in [1.165, 1.54) is 0 Å². The van der Waals surface area contributed by atoms with Gasteiger partial charge in [0.25, 0.3) is 0 Å². The highest BCUT2D eigenvalue weighted by atomic mass is 16.1. The van der Waals surface area contributed by atoms with Gasteiger partial charge in [0.15, 0.2) is 0 Å². The van der Waals surface area contributed by atoms with E-state index in [0.29, 0.717) is 24.4 Å². The van der Waals surface area contributed by atoms with Crippen LogP contribution >= 0.6 is 0 Å². The van der Waals surface area contributed by atoms with Crippen LogP contribution in [0.4, 0.5) is 0 Å². The largest absolute Gasteiger partial charge is 0.285 e. The third-order valence-corrected chi connectivity index (χ3v) is 5.67. The molecule has 0 unspecified atom stereocenters. The number of carbonyl (C=O) groups is 1. The second-order valence-corrected chi connectivity index (χ2v) is 8.01. The van der Waals surface area contributed by atoms with Crippen molar-refractivity contribution in [2.75, 3.05) is 0 Å². The fourth-order valence-corrected chi connectivity index (χ4v) is 3.90. The molecule has 0 fully saturated rings. The molecule has 0 bridgehead atoms. The molecule has 5 rings (SSSR count). The zero-order chi connectivity index (χ0) is 24.0. The molecule has 2 heterocycles. The Labute approximate surface area is 202 Å². The van der Waals surface area contributed by atoms with Crippen LogP contribution in [0.2, 0.25) is 0 Å². The second kappa shape index (κ2) is 10.0. The lowest BCUT2D eigenvalue weighted by atomic mass is 9.98. The average molecular weight is 462 g/mol. The molecule has 0 aliphatic carbocycles. The summed E-state index contributed by atoms with van der Waals surface area (Å²) in [6.45, 7) is 4.31. The van der Waals surface area contributed by atoms with Crippen molar-refractivity contribution in [2.45, 2.75) is 19.4 Å². The van der Waals surface area contributed by atoms with Crippen molar-refractivity contribution < 1.29 is 4.79 Å². The Bertz CT molecular complexity index is 1440. The lowest BCUT2D eigenvalue weighted by Crippen LogP contribution is -2.08. The number of hydrogen-bond acceptors (Lipinski definition) is 6. The van der Waals surface area contributed by atoms with E-state index in [4.69, 9.17) is 0 Å². The standard InChI is InChI=1S/C27H23N7O/c1-2-3-13-24-28-27(25(35)21-9-5-4-6-10-21)31-34(24)18-19-14-16-20(17-15-19)22-11-7-8-12-23(22)26-29-32-33-30-26/h2,4-12,14-17H,1,3,13,18H2,(H,29,30,32,33). The Morgan fingerprint density at radius 3 is 2.40 bits per heavy atom. The summed E-state index contributed by atoms with van der Waals surface area (Å²) >= 11 is 0. The summed E-state index contributed by atoms with van der Waals surface area (Å²) in [5, 5.41) is 19.0. The number of ketones is 1. The van der Waals surface area contributed by atoms with E-state index in [1.807, 2.05) is 53.2 Å². The Balaban J connectivity index is 1.41. The first-order valence-electron chi connectivity index (χ1n) is 11.3. The van der Waals surface area contributed by atoms with Gasteiger partial charge in [-0.2, -0.15) is 5.21 Å². The smallest absolute Gasteiger partial charge is 0.232 e. The third kappa shape index (κ3) is 4.81. The molecule has 0 saturated carbocycles. The lowest BCUT2D eigenvalue weighted by molar-refractivity contribution is 0.102. The molecule has 35 heavy (non-hydrogen) atoms. The topological polar surface area (TPSA) is 102 Å². The number of nitrogens with one attached hydrogen (secondary N) is 1. The number of tetrazole rings is 1. The maximum atomic E-state index is 12.9. The zero-order valence-corrected chi connectivity index (χ0v) is 19.0. The van der Waals surface area contributed by atoms with Crippen molar-refractivity contribution in [3.8, 4) is 22.5 Å². The quantitative estimate of drug-likeness (QED) is 0.256. The summed E-state index contributed by atoms with van der Waals surface area (Å²) in [4.78, 5) is 17.5. The number of nitrogens with zero attached hydrogens (tertiary/aromatic N) is 6. The van der Waals surface area contributed by atoms with Gasteiger partial charge in [0.05, 0.1) is 6.54 Å². The number of aromatic amines is 1. The molecule has 0 aliphatic rings. The van der Waals surface area contributed by atoms with Crippen LogP contribution in [-0.4, -0.2) is 41.2 Å². The Morgan fingerprint density at radius 1 is 0.943 bits per heavy atom. The Kier molecular flexibility index (Phi) is 6.34. The summed E-state index contributed by atoms with van der Waals surface area (Å²) < 4.78 is 1.81. The van der Waals surface area contributed by atoms with Crippen molar-refractivity contribution in [3.05, 3.63) is 114 Å². The number of H-pyrrole nitrogens is 1. The molecule has 5 aromatic rings. The van der Waals surface area contributed by atoms with E-state index < -0.39 is 0 Å². The number of aromatic nitrogens is 7. The SMILES string of the molecule is C=CCCc1nc(C(=O)c2ccccc2)nn1Cc1ccc(-c2ccccc2-c2nn[nH]n2)cc1. The molecule has 0 aliphatic heterocycles. The molecule has 8 nitrogen and oxygen atoms in total. The van der Waals surface area contributed by atoms with Crippen molar-refractivity contribution in [2.24, 2.45) is 0 Å². The van der Waals surface area contributed by atoms with E-state index in [2.05, 4.69) is 61.6 Å². The maximum Gasteiger partial charge on any atom is 0.232 e. The molecule has 3 aromatic carbocycles. The minimum atomic E-state index is -0.183. The third-order valence-electron chi connectivity index (χ3n) is 5.67. The number of aryl methyl sites for hydroxylation is 1. The maximum absolute atomic E-state index is 12.9. The van der Waals surface area contributed by atoms with Gasteiger partial charge in [-0.1, -0.05) is 84.9 Å².